The van der Waals surface area contributed by atoms with Gasteiger partial charge in [-0.2, -0.15) is 0 Å². The maximum atomic E-state index is 12.3. The number of hydrogen-bond acceptors (Lipinski definition) is 4. The minimum absolute atomic E-state index is 0.0247. The molecule has 0 atom stereocenters. The molecule has 0 radical (unpaired) electrons. The molecule has 0 aromatic carbocycles. The largest absolute Gasteiger partial charge is 0.384 e. The predicted octanol–water partition coefficient (Wildman–Crippen LogP) is 0.743. The van der Waals surface area contributed by atoms with Crippen LogP contribution in [-0.2, 0) is 0 Å². The Kier molecular flexibility index (Phi) is 6.35. The predicted molar refractivity (Wildman–Crippen MR) is 82.9 cm³/mol. The summed E-state index contributed by atoms with van der Waals surface area (Å²) in [7, 11) is 4.02. The summed E-state index contributed by atoms with van der Waals surface area (Å²) >= 11 is 0. The fourth-order valence-electron chi connectivity index (χ4n) is 2.15. The Bertz CT molecular complexity index is 542. The first kappa shape index (κ1) is 17.2. The zero-order chi connectivity index (χ0) is 15.9. The fourth-order valence-corrected chi connectivity index (χ4v) is 2.15. The molecular weight excluding hydrogens is 266 g/mol. The highest BCUT2D eigenvalue weighted by Crippen LogP contribution is 2.15. The number of amides is 1. The van der Waals surface area contributed by atoms with Crippen LogP contribution in [0, 0.1) is 17.3 Å². The number of aromatic nitrogens is 1. The Morgan fingerprint density at radius 2 is 2.19 bits per heavy atom. The Morgan fingerprint density at radius 1 is 1.48 bits per heavy atom. The maximum absolute atomic E-state index is 12.3. The van der Waals surface area contributed by atoms with Crippen molar-refractivity contribution in [1.82, 2.24) is 15.2 Å². The molecule has 2 N–H and O–H groups in total. The van der Waals surface area contributed by atoms with E-state index in [0.29, 0.717) is 17.7 Å². The van der Waals surface area contributed by atoms with E-state index in [2.05, 4.69) is 40.9 Å². The van der Waals surface area contributed by atoms with E-state index in [1.165, 1.54) is 6.20 Å². The smallest absolute Gasteiger partial charge is 0.252 e. The lowest BCUT2D eigenvalue weighted by atomic mass is 9.93. The molecule has 114 valence electrons. The highest BCUT2D eigenvalue weighted by atomic mass is 16.2. The summed E-state index contributed by atoms with van der Waals surface area (Å²) in [5.41, 5.74) is 0.976. The van der Waals surface area contributed by atoms with Crippen LogP contribution < -0.4 is 5.32 Å². The van der Waals surface area contributed by atoms with Crippen molar-refractivity contribution in [2.24, 2.45) is 5.41 Å². The van der Waals surface area contributed by atoms with Crippen molar-refractivity contribution in [3.8, 4) is 11.8 Å². The summed E-state index contributed by atoms with van der Waals surface area (Å²) in [4.78, 5) is 18.3. The first-order valence-electron chi connectivity index (χ1n) is 6.82. The third kappa shape index (κ3) is 5.94. The second-order valence-electron chi connectivity index (χ2n) is 5.97. The zero-order valence-electron chi connectivity index (χ0n) is 13.1. The number of carbonyl (C=O) groups excluding carboxylic acids is 1. The Balaban J connectivity index is 2.77. The van der Waals surface area contributed by atoms with Crippen molar-refractivity contribution in [3.05, 3.63) is 29.6 Å². The second kappa shape index (κ2) is 7.77. The molecule has 21 heavy (non-hydrogen) atoms. The van der Waals surface area contributed by atoms with E-state index in [1.807, 2.05) is 14.1 Å². The maximum Gasteiger partial charge on any atom is 0.252 e. The van der Waals surface area contributed by atoms with E-state index >= 15 is 0 Å². The standard InChI is InChI=1S/C16H23N3O2/c1-16(2,12-19(3)4)11-18-15(21)14-7-8-17-10-13(14)6-5-9-20/h7-8,10,20H,9,11-12H2,1-4H3,(H,18,21). The molecule has 0 fully saturated rings. The molecule has 1 heterocycles. The molecule has 5 heteroatoms. The summed E-state index contributed by atoms with van der Waals surface area (Å²) in [6, 6.07) is 1.63. The van der Waals surface area contributed by atoms with Crippen LogP contribution in [-0.4, -0.2) is 54.7 Å². The normalized spacial score (nSPS) is 11.0. The van der Waals surface area contributed by atoms with Crippen LogP contribution in [0.3, 0.4) is 0 Å². The summed E-state index contributed by atoms with van der Waals surface area (Å²) < 4.78 is 0. The third-order valence-electron chi connectivity index (χ3n) is 2.84. The van der Waals surface area contributed by atoms with Gasteiger partial charge in [-0.3, -0.25) is 9.78 Å². The monoisotopic (exact) mass is 289 g/mol. The lowest BCUT2D eigenvalue weighted by Gasteiger charge is -2.28. The number of nitrogens with zero attached hydrogens (tertiary/aromatic N) is 2. The molecule has 0 spiro atoms. The minimum atomic E-state index is -0.244. The van der Waals surface area contributed by atoms with Gasteiger partial charge in [0, 0.05) is 25.5 Å². The quantitative estimate of drug-likeness (QED) is 0.785. The number of nitrogens with one attached hydrogen (secondary N) is 1. The van der Waals surface area contributed by atoms with Gasteiger partial charge in [-0.1, -0.05) is 25.7 Å². The number of aliphatic hydroxyl groups is 1. The number of hydrogen-bond donors (Lipinski definition) is 2. The Hall–Kier alpha value is -1.90. The Labute approximate surface area is 126 Å². The van der Waals surface area contributed by atoms with Crippen LogP contribution in [0.4, 0.5) is 0 Å². The van der Waals surface area contributed by atoms with Gasteiger partial charge in [-0.05, 0) is 25.6 Å². The second-order valence-corrected chi connectivity index (χ2v) is 5.97. The molecule has 1 aromatic rings. The van der Waals surface area contributed by atoms with Crippen molar-refractivity contribution < 1.29 is 9.90 Å². The molecule has 0 saturated heterocycles. The fraction of sp³-hybridized carbons (Fsp3) is 0.500. The first-order chi connectivity index (χ1) is 9.85. The van der Waals surface area contributed by atoms with Crippen molar-refractivity contribution in [2.45, 2.75) is 13.8 Å². The van der Waals surface area contributed by atoms with Crippen molar-refractivity contribution in [3.63, 3.8) is 0 Å². The SMILES string of the molecule is CN(C)CC(C)(C)CNC(=O)c1ccncc1C#CCO. The van der Waals surface area contributed by atoms with Crippen LogP contribution in [0.2, 0.25) is 0 Å². The van der Waals surface area contributed by atoms with Crippen LogP contribution in [0.25, 0.3) is 0 Å². The van der Waals surface area contributed by atoms with E-state index in [1.54, 1.807) is 12.3 Å². The van der Waals surface area contributed by atoms with Gasteiger partial charge < -0.3 is 15.3 Å². The molecule has 0 aliphatic carbocycles. The van der Waals surface area contributed by atoms with Crippen LogP contribution in [0.1, 0.15) is 29.8 Å². The molecule has 0 unspecified atom stereocenters. The van der Waals surface area contributed by atoms with Crippen LogP contribution in [0.5, 0.6) is 0 Å². The van der Waals surface area contributed by atoms with Crippen molar-refractivity contribution in [2.75, 3.05) is 33.8 Å². The van der Waals surface area contributed by atoms with Gasteiger partial charge in [0.15, 0.2) is 0 Å². The molecule has 1 aromatic heterocycles. The molecule has 0 aliphatic rings. The zero-order valence-corrected chi connectivity index (χ0v) is 13.1. The number of aliphatic hydroxyl groups excluding tert-OH is 1. The summed E-state index contributed by atoms with van der Waals surface area (Å²) in [5.74, 6) is 5.10. The molecule has 1 rings (SSSR count). The lowest BCUT2D eigenvalue weighted by molar-refractivity contribution is 0.0929. The lowest BCUT2D eigenvalue weighted by Crippen LogP contribution is -2.40. The summed E-state index contributed by atoms with van der Waals surface area (Å²) in [6.45, 7) is 5.41. The highest BCUT2D eigenvalue weighted by Gasteiger charge is 2.20. The van der Waals surface area contributed by atoms with Gasteiger partial charge >= 0.3 is 0 Å². The first-order valence-corrected chi connectivity index (χ1v) is 6.82. The molecule has 0 bridgehead atoms. The van der Waals surface area contributed by atoms with E-state index in [-0.39, 0.29) is 17.9 Å². The number of carbonyl (C=O) groups is 1. The molecule has 0 aliphatic heterocycles. The van der Waals surface area contributed by atoms with Gasteiger partial charge in [0.05, 0.1) is 11.1 Å². The molecule has 1 amide bonds. The van der Waals surface area contributed by atoms with Crippen LogP contribution >= 0.6 is 0 Å². The van der Waals surface area contributed by atoms with E-state index in [4.69, 9.17) is 5.11 Å². The van der Waals surface area contributed by atoms with E-state index < -0.39 is 0 Å². The Morgan fingerprint density at radius 3 is 2.81 bits per heavy atom. The molecule has 5 nitrogen and oxygen atoms in total. The van der Waals surface area contributed by atoms with Gasteiger partial charge in [0.2, 0.25) is 0 Å². The van der Waals surface area contributed by atoms with Crippen molar-refractivity contribution >= 4 is 5.91 Å². The average Bonchev–Trinajstić information content (AvgIpc) is 2.41. The van der Waals surface area contributed by atoms with Gasteiger partial charge in [-0.15, -0.1) is 0 Å². The number of rotatable bonds is 5. The van der Waals surface area contributed by atoms with Gasteiger partial charge in [0.25, 0.3) is 5.91 Å². The average molecular weight is 289 g/mol. The topological polar surface area (TPSA) is 65.5 Å². The summed E-state index contributed by atoms with van der Waals surface area (Å²) in [5, 5.41) is 11.7. The van der Waals surface area contributed by atoms with Crippen molar-refractivity contribution in [1.29, 1.82) is 0 Å². The highest BCUT2D eigenvalue weighted by molar-refractivity contribution is 5.96. The molecular formula is C16H23N3O2. The van der Waals surface area contributed by atoms with Crippen LogP contribution in [0.15, 0.2) is 18.5 Å². The third-order valence-corrected chi connectivity index (χ3v) is 2.84. The minimum Gasteiger partial charge on any atom is -0.384 e. The van der Waals surface area contributed by atoms with E-state index in [0.717, 1.165) is 6.54 Å². The van der Waals surface area contributed by atoms with E-state index in [9.17, 15) is 4.79 Å². The summed E-state index contributed by atoms with van der Waals surface area (Å²) in [6.07, 6.45) is 3.09. The number of pyridine rings is 1. The van der Waals surface area contributed by atoms with Gasteiger partial charge in [-0.25, -0.2) is 0 Å². The molecule has 0 saturated carbocycles. The van der Waals surface area contributed by atoms with Gasteiger partial charge in [0.1, 0.15) is 6.61 Å².